The van der Waals surface area contributed by atoms with Crippen LogP contribution in [0.2, 0.25) is 0 Å². The Labute approximate surface area is 112 Å². The maximum absolute atomic E-state index is 2.27. The van der Waals surface area contributed by atoms with Gasteiger partial charge >= 0.3 is 0 Å². The van der Waals surface area contributed by atoms with Crippen LogP contribution in [0.15, 0.2) is 0 Å². The molecular weight excluding hydrogens is 204 g/mol. The van der Waals surface area contributed by atoms with Gasteiger partial charge in [0.2, 0.25) is 0 Å². The first-order valence-corrected chi connectivity index (χ1v) is 8.18. The predicted molar refractivity (Wildman–Crippen MR) is 82.6 cm³/mol. The zero-order chi connectivity index (χ0) is 13.4. The Morgan fingerprint density at radius 1 is 0.529 bits per heavy atom. The van der Waals surface area contributed by atoms with E-state index in [0.717, 1.165) is 5.92 Å². The molecule has 0 rings (SSSR count). The molecule has 0 aromatic carbocycles. The highest BCUT2D eigenvalue weighted by molar-refractivity contribution is 4.43. The summed E-state index contributed by atoms with van der Waals surface area (Å²) in [7, 11) is 0. The van der Waals surface area contributed by atoms with Crippen LogP contribution in [0.25, 0.3) is 0 Å². The lowest BCUT2D eigenvalue weighted by atomic mass is 10.1. The number of rotatable bonds is 10. The fourth-order valence-electron chi connectivity index (χ4n) is 1.82. The van der Waals surface area contributed by atoms with Crippen LogP contribution in [-0.4, -0.2) is 0 Å². The molecule has 0 N–H and O–H groups in total. The summed E-state index contributed by atoms with van der Waals surface area (Å²) in [5.74, 6) is 0.903. The fourth-order valence-corrected chi connectivity index (χ4v) is 1.82. The van der Waals surface area contributed by atoms with E-state index in [1.54, 1.807) is 0 Å². The van der Waals surface area contributed by atoms with E-state index in [0.29, 0.717) is 0 Å². The minimum atomic E-state index is 0.903. The van der Waals surface area contributed by atoms with Crippen LogP contribution in [0.3, 0.4) is 0 Å². The van der Waals surface area contributed by atoms with Gasteiger partial charge in [-0.3, -0.25) is 0 Å². The lowest BCUT2D eigenvalue weighted by molar-refractivity contribution is 0.550. The van der Waals surface area contributed by atoms with E-state index in [1.165, 1.54) is 70.6 Å². The topological polar surface area (TPSA) is 0 Å². The van der Waals surface area contributed by atoms with Crippen molar-refractivity contribution in [1.82, 2.24) is 0 Å². The predicted octanol–water partition coefficient (Wildman–Crippen LogP) is 6.98. The van der Waals surface area contributed by atoms with Crippen LogP contribution < -0.4 is 0 Å². The molecule has 0 radical (unpaired) electrons. The molecular formula is C17H38. The lowest BCUT2D eigenvalue weighted by Crippen LogP contribution is -1.83. The Hall–Kier alpha value is 0. The summed E-state index contributed by atoms with van der Waals surface area (Å²) in [6, 6.07) is 0. The van der Waals surface area contributed by atoms with Crippen LogP contribution in [0, 0.1) is 5.92 Å². The highest BCUT2D eigenvalue weighted by Crippen LogP contribution is 2.07. The molecule has 0 heteroatoms. The van der Waals surface area contributed by atoms with Crippen LogP contribution in [0.4, 0.5) is 0 Å². The summed E-state index contributed by atoms with van der Waals surface area (Å²) in [5.41, 5.74) is 0. The van der Waals surface area contributed by atoms with Crippen molar-refractivity contribution in [2.45, 2.75) is 105 Å². The van der Waals surface area contributed by atoms with Crippen LogP contribution >= 0.6 is 0 Å². The molecule has 0 aliphatic rings. The summed E-state index contributed by atoms with van der Waals surface area (Å²) in [6.07, 6.45) is 15.6. The van der Waals surface area contributed by atoms with Crippen molar-refractivity contribution in [2.24, 2.45) is 5.92 Å². The molecule has 0 amide bonds. The molecule has 0 aromatic heterocycles. The molecule has 0 aliphatic carbocycles. The van der Waals surface area contributed by atoms with Crippen molar-refractivity contribution in [3.63, 3.8) is 0 Å². The zero-order valence-electron chi connectivity index (χ0n) is 13.4. The van der Waals surface area contributed by atoms with E-state index in [2.05, 4.69) is 34.6 Å². The Balaban J connectivity index is 0. The number of unbranched alkanes of at least 4 members (excludes halogenated alkanes) is 8. The molecule has 106 valence electrons. The second-order valence-electron chi connectivity index (χ2n) is 5.66. The molecule has 0 fully saturated rings. The quantitative estimate of drug-likeness (QED) is 0.362. The molecule has 0 aromatic rings. The normalized spacial score (nSPS) is 10.2. The van der Waals surface area contributed by atoms with E-state index in [-0.39, 0.29) is 0 Å². The van der Waals surface area contributed by atoms with Gasteiger partial charge in [-0.1, -0.05) is 105 Å². The van der Waals surface area contributed by atoms with Gasteiger partial charge in [0.05, 0.1) is 0 Å². The van der Waals surface area contributed by atoms with E-state index >= 15 is 0 Å². The van der Waals surface area contributed by atoms with Crippen molar-refractivity contribution in [3.8, 4) is 0 Å². The first-order valence-electron chi connectivity index (χ1n) is 8.18. The Morgan fingerprint density at radius 3 is 1.12 bits per heavy atom. The minimum absolute atomic E-state index is 0.903. The van der Waals surface area contributed by atoms with Crippen LogP contribution in [0.5, 0.6) is 0 Å². The Bertz CT molecular complexity index is 96.6. The number of hydrogen-bond donors (Lipinski definition) is 0. The standard InChI is InChI=1S/C10H22.C7H16/c1-3-5-7-9-10-8-6-4-2;1-4-5-6-7(2)3/h3-10H2,1-2H3;7H,4-6H2,1-3H3. The molecule has 0 atom stereocenters. The van der Waals surface area contributed by atoms with Gasteiger partial charge in [0.25, 0.3) is 0 Å². The van der Waals surface area contributed by atoms with Crippen LogP contribution in [-0.2, 0) is 0 Å². The van der Waals surface area contributed by atoms with Gasteiger partial charge in [-0.05, 0) is 5.92 Å². The Kier molecular flexibility index (Phi) is 20.9. The minimum Gasteiger partial charge on any atom is -0.0654 e. The summed E-state index contributed by atoms with van der Waals surface area (Å²) in [4.78, 5) is 0. The van der Waals surface area contributed by atoms with Gasteiger partial charge in [-0.15, -0.1) is 0 Å². The second-order valence-corrected chi connectivity index (χ2v) is 5.66. The molecule has 0 bridgehead atoms. The first kappa shape index (κ1) is 19.3. The van der Waals surface area contributed by atoms with Gasteiger partial charge < -0.3 is 0 Å². The monoisotopic (exact) mass is 242 g/mol. The van der Waals surface area contributed by atoms with Crippen molar-refractivity contribution >= 4 is 0 Å². The fraction of sp³-hybridized carbons (Fsp3) is 1.00. The van der Waals surface area contributed by atoms with E-state index in [9.17, 15) is 0 Å². The largest absolute Gasteiger partial charge is 0.0654 e. The van der Waals surface area contributed by atoms with E-state index < -0.39 is 0 Å². The molecule has 0 saturated heterocycles. The van der Waals surface area contributed by atoms with Crippen LogP contribution in [0.1, 0.15) is 105 Å². The molecule has 0 nitrogen and oxygen atoms in total. The highest BCUT2D eigenvalue weighted by Gasteiger charge is 1.89. The third-order valence-electron chi connectivity index (χ3n) is 3.09. The van der Waals surface area contributed by atoms with E-state index in [1.807, 2.05) is 0 Å². The van der Waals surface area contributed by atoms with Gasteiger partial charge in [-0.25, -0.2) is 0 Å². The molecule has 0 spiro atoms. The molecule has 0 heterocycles. The molecule has 17 heavy (non-hydrogen) atoms. The third kappa shape index (κ3) is 25.9. The van der Waals surface area contributed by atoms with Gasteiger partial charge in [0.1, 0.15) is 0 Å². The lowest BCUT2D eigenvalue weighted by Gasteiger charge is -1.98. The van der Waals surface area contributed by atoms with Gasteiger partial charge in [0.15, 0.2) is 0 Å². The highest BCUT2D eigenvalue weighted by atomic mass is 13.9. The summed E-state index contributed by atoms with van der Waals surface area (Å²) in [6.45, 7) is 11.3. The number of hydrogen-bond acceptors (Lipinski definition) is 0. The summed E-state index contributed by atoms with van der Waals surface area (Å²) >= 11 is 0. The zero-order valence-corrected chi connectivity index (χ0v) is 13.4. The molecule has 0 aliphatic heterocycles. The SMILES string of the molecule is CCCCC(C)C.CCCCCCCCCC. The molecule has 0 saturated carbocycles. The summed E-state index contributed by atoms with van der Waals surface area (Å²) in [5, 5.41) is 0. The third-order valence-corrected chi connectivity index (χ3v) is 3.09. The second kappa shape index (κ2) is 18.4. The summed E-state index contributed by atoms with van der Waals surface area (Å²) < 4.78 is 0. The van der Waals surface area contributed by atoms with Crippen molar-refractivity contribution < 1.29 is 0 Å². The average Bonchev–Trinajstić information content (AvgIpc) is 2.32. The van der Waals surface area contributed by atoms with Crippen molar-refractivity contribution in [1.29, 1.82) is 0 Å². The van der Waals surface area contributed by atoms with Gasteiger partial charge in [-0.2, -0.15) is 0 Å². The van der Waals surface area contributed by atoms with Gasteiger partial charge in [0, 0.05) is 0 Å². The van der Waals surface area contributed by atoms with Crippen molar-refractivity contribution in [3.05, 3.63) is 0 Å². The first-order chi connectivity index (χ1) is 8.18. The average molecular weight is 242 g/mol. The molecule has 0 unspecified atom stereocenters. The maximum Gasteiger partial charge on any atom is -0.0471 e. The Morgan fingerprint density at radius 2 is 0.882 bits per heavy atom. The van der Waals surface area contributed by atoms with E-state index in [4.69, 9.17) is 0 Å². The van der Waals surface area contributed by atoms with Crippen molar-refractivity contribution in [2.75, 3.05) is 0 Å². The maximum atomic E-state index is 2.27. The smallest absolute Gasteiger partial charge is 0.0471 e.